The molecule has 1 aliphatic heterocycles. The Morgan fingerprint density at radius 2 is 2.00 bits per heavy atom. The number of hydrogen-bond acceptors (Lipinski definition) is 9. The van der Waals surface area contributed by atoms with Gasteiger partial charge in [-0.1, -0.05) is 0 Å². The summed E-state index contributed by atoms with van der Waals surface area (Å²) in [6.07, 6.45) is 3.78. The van der Waals surface area contributed by atoms with E-state index in [4.69, 9.17) is 9.97 Å². The van der Waals surface area contributed by atoms with Crippen LogP contribution in [0.15, 0.2) is 41.5 Å². The molecule has 2 N–H and O–H groups in total. The summed E-state index contributed by atoms with van der Waals surface area (Å²) in [4.78, 5) is 32.6. The Kier molecular flexibility index (Phi) is 5.77. The average Bonchev–Trinajstić information content (AvgIpc) is 3.46. The summed E-state index contributed by atoms with van der Waals surface area (Å²) >= 11 is 1.52. The van der Waals surface area contributed by atoms with Crippen LogP contribution >= 0.6 is 11.3 Å². The molecule has 10 heteroatoms. The van der Waals surface area contributed by atoms with Gasteiger partial charge in [0.15, 0.2) is 28.6 Å². The third kappa shape index (κ3) is 4.44. The molecule has 1 aromatic carbocycles. The highest BCUT2D eigenvalue weighted by Crippen LogP contribution is 2.27. The maximum absolute atomic E-state index is 11.6. The largest absolute Gasteiger partial charge is 0.351 e. The van der Waals surface area contributed by atoms with Gasteiger partial charge in [0.25, 0.3) is 0 Å². The first-order chi connectivity index (χ1) is 16.0. The van der Waals surface area contributed by atoms with E-state index in [1.165, 1.54) is 11.3 Å². The Morgan fingerprint density at radius 3 is 2.70 bits per heavy atom. The van der Waals surface area contributed by atoms with E-state index < -0.39 is 0 Å². The van der Waals surface area contributed by atoms with Gasteiger partial charge in [-0.2, -0.15) is 9.97 Å². The van der Waals surface area contributed by atoms with Crippen molar-refractivity contribution in [3.05, 3.63) is 47.0 Å². The molecule has 0 saturated carbocycles. The number of nitrogens with zero attached hydrogens (tertiary/aromatic N) is 6. The van der Waals surface area contributed by atoms with Crippen molar-refractivity contribution in [3.63, 3.8) is 0 Å². The van der Waals surface area contributed by atoms with Crippen LogP contribution in [0.3, 0.4) is 0 Å². The van der Waals surface area contributed by atoms with Crippen molar-refractivity contribution in [2.75, 3.05) is 24.2 Å². The minimum Gasteiger partial charge on any atom is -0.351 e. The highest BCUT2D eigenvalue weighted by Gasteiger charge is 2.24. The Balaban J connectivity index is 1.51. The van der Waals surface area contributed by atoms with Gasteiger partial charge in [-0.3, -0.25) is 9.36 Å². The van der Waals surface area contributed by atoms with E-state index in [0.717, 1.165) is 30.9 Å². The van der Waals surface area contributed by atoms with Gasteiger partial charge < -0.3 is 15.5 Å². The molecule has 2 atom stereocenters. The monoisotopic (exact) mass is 462 g/mol. The smallest absolute Gasteiger partial charge is 0.227 e. The number of benzene rings is 1. The molecule has 9 nitrogen and oxygen atoms in total. The predicted octanol–water partition coefficient (Wildman–Crippen LogP) is 4.11. The number of anilines is 3. The number of fused-ring (bicyclic) bond motifs is 1. The highest BCUT2D eigenvalue weighted by atomic mass is 32.1. The summed E-state index contributed by atoms with van der Waals surface area (Å²) in [7, 11) is 2.16. The van der Waals surface area contributed by atoms with Crippen LogP contribution in [0.25, 0.3) is 17.0 Å². The summed E-state index contributed by atoms with van der Waals surface area (Å²) in [6.45, 7) is 4.83. The SMILES string of the molecule is CC(=O)c1ccc(Nc2nc(NC3CCN(C)C(C)C3)nc3c2ncn3-c2cscn2)cc1. The number of hydrogen-bond donors (Lipinski definition) is 2. The second-order valence-electron chi connectivity index (χ2n) is 8.48. The normalized spacial score (nSPS) is 19.0. The lowest BCUT2D eigenvalue weighted by Gasteiger charge is -2.35. The molecule has 4 heterocycles. The van der Waals surface area contributed by atoms with Crippen LogP contribution in [-0.4, -0.2) is 60.9 Å². The molecule has 0 aliphatic carbocycles. The Hall–Kier alpha value is -3.37. The first-order valence-electron chi connectivity index (χ1n) is 11.0. The molecule has 1 aliphatic rings. The summed E-state index contributed by atoms with van der Waals surface area (Å²) in [5.74, 6) is 1.97. The predicted molar refractivity (Wildman–Crippen MR) is 131 cm³/mol. The zero-order chi connectivity index (χ0) is 22.9. The van der Waals surface area contributed by atoms with Crippen LogP contribution in [-0.2, 0) is 0 Å². The molecule has 0 radical (unpaired) electrons. The van der Waals surface area contributed by atoms with Crippen LogP contribution in [0.1, 0.15) is 37.0 Å². The Bertz CT molecular complexity index is 1270. The maximum atomic E-state index is 11.6. The number of carbonyl (C=O) groups excluding carboxylic acids is 1. The van der Waals surface area contributed by atoms with Gasteiger partial charge >= 0.3 is 0 Å². The molecule has 33 heavy (non-hydrogen) atoms. The summed E-state index contributed by atoms with van der Waals surface area (Å²) in [5.41, 5.74) is 4.61. The number of ketones is 1. The summed E-state index contributed by atoms with van der Waals surface area (Å²) < 4.78 is 1.87. The fourth-order valence-electron chi connectivity index (χ4n) is 4.07. The Labute approximate surface area is 195 Å². The number of nitrogens with one attached hydrogen (secondary N) is 2. The maximum Gasteiger partial charge on any atom is 0.227 e. The van der Waals surface area contributed by atoms with Crippen molar-refractivity contribution in [1.82, 2.24) is 29.4 Å². The molecule has 0 bridgehead atoms. The number of aromatic nitrogens is 5. The molecule has 0 amide bonds. The topological polar surface area (TPSA) is 101 Å². The highest BCUT2D eigenvalue weighted by molar-refractivity contribution is 7.07. The molecule has 2 unspecified atom stereocenters. The van der Waals surface area contributed by atoms with Gasteiger partial charge in [0, 0.05) is 35.3 Å². The minimum atomic E-state index is 0.0341. The molecule has 170 valence electrons. The number of imidazole rings is 1. The lowest BCUT2D eigenvalue weighted by atomic mass is 9.99. The fourth-order valence-corrected chi connectivity index (χ4v) is 4.60. The van der Waals surface area contributed by atoms with Crippen LogP contribution in [0.4, 0.5) is 17.5 Å². The van der Waals surface area contributed by atoms with E-state index >= 15 is 0 Å². The molecule has 1 fully saturated rings. The van der Waals surface area contributed by atoms with Gasteiger partial charge in [-0.05, 0) is 58.0 Å². The van der Waals surface area contributed by atoms with E-state index in [2.05, 4.69) is 39.5 Å². The molecule has 1 saturated heterocycles. The summed E-state index contributed by atoms with van der Waals surface area (Å²) in [6, 6.07) is 8.14. The van der Waals surface area contributed by atoms with Crippen molar-refractivity contribution in [3.8, 4) is 5.82 Å². The van der Waals surface area contributed by atoms with Crippen LogP contribution in [0.5, 0.6) is 0 Å². The van der Waals surface area contributed by atoms with Crippen molar-refractivity contribution in [1.29, 1.82) is 0 Å². The second kappa shape index (κ2) is 8.87. The third-order valence-corrected chi connectivity index (χ3v) is 6.73. The number of thiazole rings is 1. The zero-order valence-electron chi connectivity index (χ0n) is 18.8. The van der Waals surface area contributed by atoms with Crippen molar-refractivity contribution in [2.45, 2.75) is 38.8 Å². The van der Waals surface area contributed by atoms with Crippen LogP contribution in [0.2, 0.25) is 0 Å². The molecule has 0 spiro atoms. The van der Waals surface area contributed by atoms with Crippen LogP contribution < -0.4 is 10.6 Å². The lowest BCUT2D eigenvalue weighted by Crippen LogP contribution is -2.42. The van der Waals surface area contributed by atoms with Crippen molar-refractivity contribution in [2.24, 2.45) is 0 Å². The van der Waals surface area contributed by atoms with E-state index in [1.807, 2.05) is 22.1 Å². The number of Topliss-reactive ketones (excluding diaryl/α,β-unsaturated/α-hetero) is 1. The number of rotatable bonds is 6. The second-order valence-corrected chi connectivity index (χ2v) is 9.20. The summed E-state index contributed by atoms with van der Waals surface area (Å²) in [5, 5.41) is 8.87. The van der Waals surface area contributed by atoms with Crippen LogP contribution in [0, 0.1) is 0 Å². The molecule has 5 rings (SSSR count). The molecule has 4 aromatic rings. The van der Waals surface area contributed by atoms with Crippen molar-refractivity contribution < 1.29 is 4.79 Å². The standard InChI is InChI=1S/C23H26N8OS/c1-14-10-18(8-9-30(14)3)27-23-28-21(26-17-6-4-16(5-7-17)15(2)32)20-22(29-23)31(12-24-20)19-11-33-13-25-19/h4-7,11-14,18H,8-10H2,1-3H3,(H2,26,27,28,29). The molecular weight excluding hydrogens is 436 g/mol. The van der Waals surface area contributed by atoms with Gasteiger partial charge in [-0.25, -0.2) is 9.97 Å². The van der Waals surface area contributed by atoms with Gasteiger partial charge in [0.05, 0.1) is 5.51 Å². The molecule has 3 aromatic heterocycles. The number of carbonyl (C=O) groups is 1. The van der Waals surface area contributed by atoms with Gasteiger partial charge in [0.2, 0.25) is 5.95 Å². The van der Waals surface area contributed by atoms with E-state index in [1.54, 1.807) is 30.9 Å². The van der Waals surface area contributed by atoms with E-state index in [0.29, 0.717) is 40.6 Å². The lowest BCUT2D eigenvalue weighted by molar-refractivity contribution is 0.101. The van der Waals surface area contributed by atoms with E-state index in [-0.39, 0.29) is 5.78 Å². The Morgan fingerprint density at radius 1 is 1.18 bits per heavy atom. The average molecular weight is 463 g/mol. The molecular formula is C23H26N8OS. The zero-order valence-corrected chi connectivity index (χ0v) is 19.6. The number of likely N-dealkylation sites (tertiary alicyclic amines) is 1. The first kappa shape index (κ1) is 21.5. The number of piperidine rings is 1. The quantitative estimate of drug-likeness (QED) is 0.413. The van der Waals surface area contributed by atoms with Crippen molar-refractivity contribution >= 4 is 45.7 Å². The first-order valence-corrected chi connectivity index (χ1v) is 11.9. The minimum absolute atomic E-state index is 0.0341. The van der Waals surface area contributed by atoms with E-state index in [9.17, 15) is 4.79 Å². The van der Waals surface area contributed by atoms with Gasteiger partial charge in [0.1, 0.15) is 6.33 Å². The fraction of sp³-hybridized carbons (Fsp3) is 0.348. The van der Waals surface area contributed by atoms with Gasteiger partial charge in [-0.15, -0.1) is 11.3 Å². The third-order valence-electron chi connectivity index (χ3n) is 6.16.